The van der Waals surface area contributed by atoms with Gasteiger partial charge in [0.2, 0.25) is 10.0 Å². The van der Waals surface area contributed by atoms with Gasteiger partial charge in [0.05, 0.1) is 11.1 Å². The standard InChI is InChI=1S/C22H18F2N4O3S/c23-18-9-8-17(11-19(18)24)32(30,31)27-13-16-6-4-15(5-7-16)12-26-22(29)20-14-25-21-3-1-2-10-28(20)21/h1-11,14,27H,12-13H2,(H,26,29). The molecule has 0 aliphatic heterocycles. The van der Waals surface area contributed by atoms with Crippen LogP contribution in [0.1, 0.15) is 21.6 Å². The van der Waals surface area contributed by atoms with Gasteiger partial charge in [0.25, 0.3) is 5.91 Å². The number of amides is 1. The number of sulfonamides is 1. The quantitative estimate of drug-likeness (QED) is 0.447. The molecule has 0 spiro atoms. The molecular formula is C22H18F2N4O3S. The molecule has 2 aromatic carbocycles. The van der Waals surface area contributed by atoms with E-state index in [0.717, 1.165) is 17.7 Å². The normalized spacial score (nSPS) is 11.6. The second kappa shape index (κ2) is 8.85. The van der Waals surface area contributed by atoms with E-state index >= 15 is 0 Å². The Morgan fingerprint density at radius 2 is 1.66 bits per heavy atom. The Kier molecular flexibility index (Phi) is 5.97. The molecule has 0 saturated heterocycles. The van der Waals surface area contributed by atoms with Crippen molar-refractivity contribution in [3.8, 4) is 0 Å². The highest BCUT2D eigenvalue weighted by molar-refractivity contribution is 7.89. The Hall–Kier alpha value is -3.63. The summed E-state index contributed by atoms with van der Waals surface area (Å²) in [5.74, 6) is -2.62. The predicted molar refractivity (Wildman–Crippen MR) is 113 cm³/mol. The van der Waals surface area contributed by atoms with Gasteiger partial charge in [0, 0.05) is 19.3 Å². The highest BCUT2D eigenvalue weighted by Crippen LogP contribution is 2.14. The van der Waals surface area contributed by atoms with Gasteiger partial charge in [-0.3, -0.25) is 9.20 Å². The van der Waals surface area contributed by atoms with Gasteiger partial charge in [-0.05, 0) is 41.5 Å². The molecule has 4 rings (SSSR count). The maximum atomic E-state index is 13.3. The van der Waals surface area contributed by atoms with Crippen molar-refractivity contribution < 1.29 is 22.0 Å². The van der Waals surface area contributed by atoms with E-state index in [1.807, 2.05) is 12.1 Å². The van der Waals surface area contributed by atoms with E-state index in [0.29, 0.717) is 23.0 Å². The van der Waals surface area contributed by atoms with Crippen LogP contribution < -0.4 is 10.0 Å². The number of benzene rings is 2. The van der Waals surface area contributed by atoms with Crippen molar-refractivity contribution in [1.29, 1.82) is 0 Å². The van der Waals surface area contributed by atoms with Gasteiger partial charge in [-0.25, -0.2) is 26.9 Å². The lowest BCUT2D eigenvalue weighted by Crippen LogP contribution is -2.24. The van der Waals surface area contributed by atoms with Crippen molar-refractivity contribution in [3.05, 3.63) is 102 Å². The zero-order valence-electron chi connectivity index (χ0n) is 16.6. The first kappa shape index (κ1) is 21.6. The summed E-state index contributed by atoms with van der Waals surface area (Å²) in [5, 5.41) is 2.82. The van der Waals surface area contributed by atoms with E-state index in [2.05, 4.69) is 15.0 Å². The molecule has 4 aromatic rings. The maximum absolute atomic E-state index is 13.3. The molecule has 164 valence electrons. The largest absolute Gasteiger partial charge is 0.347 e. The van der Waals surface area contributed by atoms with Gasteiger partial charge in [-0.1, -0.05) is 30.3 Å². The van der Waals surface area contributed by atoms with Gasteiger partial charge < -0.3 is 5.32 Å². The summed E-state index contributed by atoms with van der Waals surface area (Å²) >= 11 is 0. The summed E-state index contributed by atoms with van der Waals surface area (Å²) in [7, 11) is -3.99. The van der Waals surface area contributed by atoms with E-state index in [1.54, 1.807) is 40.9 Å². The van der Waals surface area contributed by atoms with Crippen molar-refractivity contribution in [1.82, 2.24) is 19.4 Å². The van der Waals surface area contributed by atoms with Crippen LogP contribution in [0.4, 0.5) is 8.78 Å². The predicted octanol–water partition coefficient (Wildman–Crippen LogP) is 3.02. The number of carbonyl (C=O) groups excluding carboxylic acids is 1. The minimum Gasteiger partial charge on any atom is -0.347 e. The molecule has 2 aromatic heterocycles. The van der Waals surface area contributed by atoms with Crippen molar-refractivity contribution in [2.24, 2.45) is 0 Å². The van der Waals surface area contributed by atoms with Crippen molar-refractivity contribution in [3.63, 3.8) is 0 Å². The Morgan fingerprint density at radius 3 is 2.38 bits per heavy atom. The molecule has 2 N–H and O–H groups in total. The molecule has 0 fully saturated rings. The number of nitrogens with one attached hydrogen (secondary N) is 2. The van der Waals surface area contributed by atoms with Crippen molar-refractivity contribution in [2.45, 2.75) is 18.0 Å². The van der Waals surface area contributed by atoms with Gasteiger partial charge in [0.15, 0.2) is 11.6 Å². The first-order valence-corrected chi connectivity index (χ1v) is 11.0. The van der Waals surface area contributed by atoms with Crippen LogP contribution in [0.25, 0.3) is 5.65 Å². The van der Waals surface area contributed by atoms with Gasteiger partial charge in [-0.15, -0.1) is 0 Å². The van der Waals surface area contributed by atoms with Crippen LogP contribution in [-0.4, -0.2) is 23.7 Å². The SMILES string of the molecule is O=C(NCc1ccc(CNS(=O)(=O)c2ccc(F)c(F)c2)cc1)c1cnc2ccccn12. The smallest absolute Gasteiger partial charge is 0.270 e. The number of fused-ring (bicyclic) bond motifs is 1. The molecule has 0 bridgehead atoms. The topological polar surface area (TPSA) is 92.6 Å². The maximum Gasteiger partial charge on any atom is 0.270 e. The Morgan fingerprint density at radius 1 is 0.938 bits per heavy atom. The number of pyridine rings is 1. The first-order valence-electron chi connectivity index (χ1n) is 9.56. The summed E-state index contributed by atoms with van der Waals surface area (Å²) < 4.78 is 54.9. The van der Waals surface area contributed by atoms with E-state index in [1.165, 1.54) is 6.20 Å². The Balaban J connectivity index is 1.35. The van der Waals surface area contributed by atoms with Gasteiger partial charge >= 0.3 is 0 Å². The molecule has 10 heteroatoms. The second-order valence-corrected chi connectivity index (χ2v) is 8.74. The molecule has 0 unspecified atom stereocenters. The second-order valence-electron chi connectivity index (χ2n) is 6.97. The molecule has 0 atom stereocenters. The zero-order chi connectivity index (χ0) is 22.7. The average Bonchev–Trinajstić information content (AvgIpc) is 3.23. The fourth-order valence-corrected chi connectivity index (χ4v) is 4.08. The molecule has 2 heterocycles. The number of rotatable bonds is 7. The van der Waals surface area contributed by atoms with Crippen LogP contribution in [0.3, 0.4) is 0 Å². The number of nitrogens with zero attached hydrogens (tertiary/aromatic N) is 2. The van der Waals surface area contributed by atoms with E-state index < -0.39 is 21.7 Å². The lowest BCUT2D eigenvalue weighted by atomic mass is 10.1. The number of aromatic nitrogens is 2. The zero-order valence-corrected chi connectivity index (χ0v) is 17.4. The number of hydrogen-bond acceptors (Lipinski definition) is 4. The highest BCUT2D eigenvalue weighted by Gasteiger charge is 2.16. The molecule has 32 heavy (non-hydrogen) atoms. The van der Waals surface area contributed by atoms with Gasteiger partial charge in [-0.2, -0.15) is 0 Å². The summed E-state index contributed by atoms with van der Waals surface area (Å²) in [6.45, 7) is 0.246. The fourth-order valence-electron chi connectivity index (χ4n) is 3.05. The molecule has 0 radical (unpaired) electrons. The number of imidazole rings is 1. The summed E-state index contributed by atoms with van der Waals surface area (Å²) in [4.78, 5) is 16.3. The van der Waals surface area contributed by atoms with Crippen LogP contribution in [0.5, 0.6) is 0 Å². The first-order chi connectivity index (χ1) is 15.3. The van der Waals surface area contributed by atoms with E-state index in [4.69, 9.17) is 0 Å². The van der Waals surface area contributed by atoms with Crippen molar-refractivity contribution >= 4 is 21.6 Å². The van der Waals surface area contributed by atoms with Crippen LogP contribution in [0, 0.1) is 11.6 Å². The van der Waals surface area contributed by atoms with E-state index in [-0.39, 0.29) is 23.9 Å². The minimum absolute atomic E-state index is 0.0320. The highest BCUT2D eigenvalue weighted by atomic mass is 32.2. The Bertz CT molecular complexity index is 1390. The molecular weight excluding hydrogens is 438 g/mol. The Labute approximate surface area is 182 Å². The third-order valence-electron chi connectivity index (χ3n) is 4.79. The molecule has 7 nitrogen and oxygen atoms in total. The summed E-state index contributed by atoms with van der Waals surface area (Å²) in [5.41, 5.74) is 2.57. The molecule has 0 aliphatic carbocycles. The molecule has 0 saturated carbocycles. The number of carbonyl (C=O) groups is 1. The third kappa shape index (κ3) is 4.66. The lowest BCUT2D eigenvalue weighted by Gasteiger charge is -2.09. The molecule has 1 amide bonds. The minimum atomic E-state index is -3.99. The van der Waals surface area contributed by atoms with Crippen LogP contribution in [0.2, 0.25) is 0 Å². The van der Waals surface area contributed by atoms with E-state index in [9.17, 15) is 22.0 Å². The van der Waals surface area contributed by atoms with Crippen LogP contribution in [0.15, 0.2) is 78.0 Å². The third-order valence-corrected chi connectivity index (χ3v) is 6.19. The monoisotopic (exact) mass is 456 g/mol. The summed E-state index contributed by atoms with van der Waals surface area (Å²) in [6.07, 6.45) is 3.26. The van der Waals surface area contributed by atoms with Crippen molar-refractivity contribution in [2.75, 3.05) is 0 Å². The lowest BCUT2D eigenvalue weighted by molar-refractivity contribution is 0.0945. The number of hydrogen-bond donors (Lipinski definition) is 2. The molecule has 0 aliphatic rings. The average molecular weight is 456 g/mol. The summed E-state index contributed by atoms with van der Waals surface area (Å²) in [6, 6.07) is 14.8. The van der Waals surface area contributed by atoms with Crippen LogP contribution >= 0.6 is 0 Å². The van der Waals surface area contributed by atoms with Gasteiger partial charge in [0.1, 0.15) is 11.3 Å². The number of halogens is 2. The van der Waals surface area contributed by atoms with Crippen LogP contribution in [-0.2, 0) is 23.1 Å². The fraction of sp³-hybridized carbons (Fsp3) is 0.0909.